The third-order valence-corrected chi connectivity index (χ3v) is 2.91. The molecule has 0 radical (unpaired) electrons. The molecule has 114 valence electrons. The van der Waals surface area contributed by atoms with Crippen molar-refractivity contribution in [2.45, 2.75) is 0 Å². The third kappa shape index (κ3) is 3.35. The zero-order valence-corrected chi connectivity index (χ0v) is 12.0. The fourth-order valence-corrected chi connectivity index (χ4v) is 1.76. The van der Waals surface area contributed by atoms with Crippen LogP contribution in [0, 0.1) is 0 Å². The van der Waals surface area contributed by atoms with Gasteiger partial charge in [-0.3, -0.25) is 9.59 Å². The van der Waals surface area contributed by atoms with Gasteiger partial charge >= 0.3 is 0 Å². The van der Waals surface area contributed by atoms with Crippen molar-refractivity contribution in [3.05, 3.63) is 58.2 Å². The lowest BCUT2D eigenvalue weighted by Gasteiger charge is -2.07. The molecular weight excluding hydrogens is 288 g/mol. The molecule has 0 aliphatic rings. The van der Waals surface area contributed by atoms with Crippen molar-refractivity contribution in [2.75, 3.05) is 14.2 Å². The van der Waals surface area contributed by atoms with Gasteiger partial charge in [0.05, 0.1) is 19.8 Å². The maximum atomic E-state index is 12.2. The molecule has 1 heterocycles. The van der Waals surface area contributed by atoms with Gasteiger partial charge in [-0.1, -0.05) is 0 Å². The van der Waals surface area contributed by atoms with Gasteiger partial charge in [0.1, 0.15) is 23.5 Å². The van der Waals surface area contributed by atoms with Crippen LogP contribution in [0.1, 0.15) is 16.1 Å². The lowest BCUT2D eigenvalue weighted by molar-refractivity contribution is 0.104. The monoisotopic (exact) mass is 302 g/mol. The van der Waals surface area contributed by atoms with E-state index in [4.69, 9.17) is 19.0 Å². The Bertz CT molecular complexity index is 772. The Morgan fingerprint density at radius 1 is 1.23 bits per heavy atom. The topological polar surface area (TPSA) is 86.0 Å². The standard InChI is InChI=1S/C16H14O6/c1-20-10-3-5-12(16(8-10)21-2)13(17)6-4-11-7-14(18)15(19)9-22-11/h3-9,19H,1-2H3/b6-4+. The van der Waals surface area contributed by atoms with Gasteiger partial charge in [0.2, 0.25) is 5.43 Å². The molecule has 1 N–H and O–H groups in total. The molecule has 0 unspecified atom stereocenters. The number of benzene rings is 1. The predicted octanol–water partition coefficient (Wildman–Crippen LogP) is 2.26. The summed E-state index contributed by atoms with van der Waals surface area (Å²) in [6, 6.07) is 5.91. The highest BCUT2D eigenvalue weighted by Gasteiger charge is 2.11. The van der Waals surface area contributed by atoms with Gasteiger partial charge in [0, 0.05) is 12.1 Å². The number of ether oxygens (including phenoxy) is 2. The minimum absolute atomic E-state index is 0.156. The summed E-state index contributed by atoms with van der Waals surface area (Å²) in [5.41, 5.74) is -0.235. The summed E-state index contributed by atoms with van der Waals surface area (Å²) in [5, 5.41) is 9.09. The van der Waals surface area contributed by atoms with Gasteiger partial charge in [-0.25, -0.2) is 0 Å². The van der Waals surface area contributed by atoms with Crippen LogP contribution in [0.25, 0.3) is 6.08 Å². The van der Waals surface area contributed by atoms with Crippen molar-refractivity contribution in [1.29, 1.82) is 0 Å². The molecule has 0 aliphatic carbocycles. The number of carbonyl (C=O) groups excluding carboxylic acids is 1. The Labute approximate surface area is 126 Å². The van der Waals surface area contributed by atoms with E-state index in [0.717, 1.165) is 12.3 Å². The zero-order chi connectivity index (χ0) is 16.1. The third-order valence-electron chi connectivity index (χ3n) is 2.91. The number of hydrogen-bond acceptors (Lipinski definition) is 6. The first-order valence-electron chi connectivity index (χ1n) is 6.31. The second kappa shape index (κ2) is 6.62. The lowest BCUT2D eigenvalue weighted by Crippen LogP contribution is -2.00. The summed E-state index contributed by atoms with van der Waals surface area (Å²) in [6.45, 7) is 0. The maximum absolute atomic E-state index is 12.2. The molecule has 0 bridgehead atoms. The number of methoxy groups -OCH3 is 2. The normalized spacial score (nSPS) is 10.6. The van der Waals surface area contributed by atoms with Crippen molar-refractivity contribution in [3.8, 4) is 17.2 Å². The number of hydrogen-bond donors (Lipinski definition) is 1. The second-order valence-corrected chi connectivity index (χ2v) is 4.30. The molecule has 6 heteroatoms. The smallest absolute Gasteiger partial charge is 0.227 e. The maximum Gasteiger partial charge on any atom is 0.227 e. The van der Waals surface area contributed by atoms with E-state index in [9.17, 15) is 9.59 Å². The Balaban J connectivity index is 2.26. The summed E-state index contributed by atoms with van der Waals surface area (Å²) in [4.78, 5) is 23.4. The van der Waals surface area contributed by atoms with Crippen LogP contribution < -0.4 is 14.9 Å². The first-order chi connectivity index (χ1) is 10.5. The van der Waals surface area contributed by atoms with E-state index >= 15 is 0 Å². The minimum Gasteiger partial charge on any atom is -0.502 e. The van der Waals surface area contributed by atoms with Gasteiger partial charge in [0.15, 0.2) is 11.5 Å². The molecule has 6 nitrogen and oxygen atoms in total. The molecule has 2 aromatic rings. The van der Waals surface area contributed by atoms with Crippen LogP contribution in [-0.4, -0.2) is 25.1 Å². The Morgan fingerprint density at radius 2 is 2.00 bits per heavy atom. The number of carbonyl (C=O) groups is 1. The summed E-state index contributed by atoms with van der Waals surface area (Å²) >= 11 is 0. The van der Waals surface area contributed by atoms with E-state index in [1.807, 2.05) is 0 Å². The Morgan fingerprint density at radius 3 is 2.64 bits per heavy atom. The fourth-order valence-electron chi connectivity index (χ4n) is 1.76. The van der Waals surface area contributed by atoms with Crippen LogP contribution in [0.5, 0.6) is 17.2 Å². The van der Waals surface area contributed by atoms with E-state index in [0.29, 0.717) is 17.1 Å². The first kappa shape index (κ1) is 15.4. The summed E-state index contributed by atoms with van der Waals surface area (Å²) in [6.07, 6.45) is 3.51. The van der Waals surface area contributed by atoms with Crippen LogP contribution in [-0.2, 0) is 0 Å². The summed E-state index contributed by atoms with van der Waals surface area (Å²) in [5.74, 6) is 0.294. The highest BCUT2D eigenvalue weighted by Crippen LogP contribution is 2.25. The van der Waals surface area contributed by atoms with E-state index in [1.54, 1.807) is 18.2 Å². The molecule has 0 saturated heterocycles. The molecule has 0 saturated carbocycles. The van der Waals surface area contributed by atoms with Gasteiger partial charge in [0.25, 0.3) is 0 Å². The number of rotatable bonds is 5. The summed E-state index contributed by atoms with van der Waals surface area (Å²) in [7, 11) is 2.97. The van der Waals surface area contributed by atoms with Gasteiger partial charge < -0.3 is 19.0 Å². The fraction of sp³-hybridized carbons (Fsp3) is 0.125. The summed E-state index contributed by atoms with van der Waals surface area (Å²) < 4.78 is 15.2. The predicted molar refractivity (Wildman–Crippen MR) is 79.6 cm³/mol. The van der Waals surface area contributed by atoms with Crippen LogP contribution >= 0.6 is 0 Å². The van der Waals surface area contributed by atoms with E-state index in [2.05, 4.69) is 0 Å². The molecule has 0 atom stereocenters. The van der Waals surface area contributed by atoms with Gasteiger partial charge in [-0.05, 0) is 24.3 Å². The minimum atomic E-state index is -0.583. The van der Waals surface area contributed by atoms with Crippen molar-refractivity contribution in [2.24, 2.45) is 0 Å². The molecule has 1 aromatic carbocycles. The molecule has 0 amide bonds. The second-order valence-electron chi connectivity index (χ2n) is 4.30. The largest absolute Gasteiger partial charge is 0.502 e. The van der Waals surface area contributed by atoms with E-state index in [-0.39, 0.29) is 11.5 Å². The van der Waals surface area contributed by atoms with Crippen LogP contribution in [0.3, 0.4) is 0 Å². The zero-order valence-electron chi connectivity index (χ0n) is 12.0. The van der Waals surface area contributed by atoms with Gasteiger partial charge in [-0.2, -0.15) is 0 Å². The quantitative estimate of drug-likeness (QED) is 0.673. The van der Waals surface area contributed by atoms with E-state index in [1.165, 1.54) is 26.4 Å². The molecule has 2 rings (SSSR count). The van der Waals surface area contributed by atoms with Crippen LogP contribution in [0.4, 0.5) is 0 Å². The highest BCUT2D eigenvalue weighted by atomic mass is 16.5. The van der Waals surface area contributed by atoms with Crippen molar-refractivity contribution in [3.63, 3.8) is 0 Å². The van der Waals surface area contributed by atoms with Crippen LogP contribution in [0.2, 0.25) is 0 Å². The Kier molecular flexibility index (Phi) is 4.63. The van der Waals surface area contributed by atoms with E-state index < -0.39 is 11.2 Å². The number of ketones is 1. The first-order valence-corrected chi connectivity index (χ1v) is 6.31. The molecule has 0 aliphatic heterocycles. The molecule has 22 heavy (non-hydrogen) atoms. The average Bonchev–Trinajstić information content (AvgIpc) is 2.54. The van der Waals surface area contributed by atoms with Gasteiger partial charge in [-0.15, -0.1) is 0 Å². The van der Waals surface area contributed by atoms with Crippen LogP contribution in [0.15, 0.2) is 45.8 Å². The molecule has 0 fully saturated rings. The Hall–Kier alpha value is -3.02. The van der Waals surface area contributed by atoms with Crippen molar-refractivity contribution in [1.82, 2.24) is 0 Å². The number of allylic oxidation sites excluding steroid dienone is 1. The average molecular weight is 302 g/mol. The molecule has 1 aromatic heterocycles. The highest BCUT2D eigenvalue weighted by molar-refractivity contribution is 6.08. The lowest BCUT2D eigenvalue weighted by atomic mass is 10.1. The van der Waals surface area contributed by atoms with Crippen molar-refractivity contribution >= 4 is 11.9 Å². The van der Waals surface area contributed by atoms with Crippen molar-refractivity contribution < 1.29 is 23.8 Å². The number of aromatic hydroxyl groups is 1. The SMILES string of the molecule is COc1ccc(C(=O)/C=C/c2cc(=O)c(O)co2)c(OC)c1. The molecule has 0 spiro atoms. The molecular formula is C16H14O6.